The first kappa shape index (κ1) is 16.9. The lowest BCUT2D eigenvalue weighted by Crippen LogP contribution is -2.27. The Morgan fingerprint density at radius 3 is 2.35 bits per heavy atom. The number of hydrogen-bond acceptors (Lipinski definition) is 5. The normalized spacial score (nSPS) is 12.6. The number of amides is 1. The molecular formula is C20H17NO3S2. The lowest BCUT2D eigenvalue weighted by Gasteiger charge is -2.20. The van der Waals surface area contributed by atoms with Gasteiger partial charge in [0.05, 0.1) is 13.1 Å². The van der Waals surface area contributed by atoms with Crippen molar-refractivity contribution >= 4 is 34.7 Å². The van der Waals surface area contributed by atoms with E-state index in [9.17, 15) is 4.79 Å². The molecule has 0 bridgehead atoms. The Balaban J connectivity index is 1.49. The van der Waals surface area contributed by atoms with E-state index >= 15 is 0 Å². The molecule has 132 valence electrons. The van der Waals surface area contributed by atoms with E-state index in [1.54, 1.807) is 28.7 Å². The molecular weight excluding hydrogens is 366 g/mol. The summed E-state index contributed by atoms with van der Waals surface area (Å²) in [6.07, 6.45) is 3.44. The lowest BCUT2D eigenvalue weighted by molar-refractivity contribution is -0.127. The van der Waals surface area contributed by atoms with Crippen molar-refractivity contribution in [1.29, 1.82) is 0 Å². The van der Waals surface area contributed by atoms with Crippen molar-refractivity contribution in [3.63, 3.8) is 0 Å². The minimum Gasteiger partial charge on any atom is -0.454 e. The molecule has 0 unspecified atom stereocenters. The van der Waals surface area contributed by atoms with E-state index in [0.29, 0.717) is 18.8 Å². The van der Waals surface area contributed by atoms with Crippen LogP contribution in [0.3, 0.4) is 0 Å². The maximum Gasteiger partial charge on any atom is 0.247 e. The Bertz CT molecular complexity index is 865. The summed E-state index contributed by atoms with van der Waals surface area (Å²) in [4.78, 5) is 17.0. The second kappa shape index (κ2) is 7.76. The quantitative estimate of drug-likeness (QED) is 0.575. The lowest BCUT2D eigenvalue weighted by atomic mass is 10.2. The summed E-state index contributed by atoms with van der Waals surface area (Å²) in [5.41, 5.74) is 0.912. The Hall–Kier alpha value is -2.57. The molecule has 4 rings (SSSR count). The Labute approximate surface area is 159 Å². The number of hydrogen-bond donors (Lipinski definition) is 0. The van der Waals surface area contributed by atoms with Crippen LogP contribution in [-0.4, -0.2) is 17.6 Å². The van der Waals surface area contributed by atoms with Gasteiger partial charge < -0.3 is 14.4 Å². The van der Waals surface area contributed by atoms with Gasteiger partial charge in [-0.3, -0.25) is 4.79 Å². The van der Waals surface area contributed by atoms with Crippen LogP contribution in [0.4, 0.5) is 0 Å². The zero-order chi connectivity index (χ0) is 17.8. The molecule has 0 atom stereocenters. The maximum absolute atomic E-state index is 12.8. The monoisotopic (exact) mass is 383 g/mol. The van der Waals surface area contributed by atoms with E-state index in [2.05, 4.69) is 12.1 Å². The number of ether oxygens (including phenoxy) is 2. The molecule has 1 amide bonds. The van der Waals surface area contributed by atoms with Gasteiger partial charge in [0.25, 0.3) is 0 Å². The summed E-state index contributed by atoms with van der Waals surface area (Å²) in [5.74, 6) is 1.45. The molecule has 0 aliphatic carbocycles. The standard InChI is InChI=1S/C20H17NO3S2/c22-20(8-6-15-5-7-18-19(11-15)24-14-23-18)21(12-16-3-1-9-25-16)13-17-4-2-10-26-17/h1-11H,12-14H2/b8-6+. The third-order valence-electron chi connectivity index (χ3n) is 3.98. The largest absolute Gasteiger partial charge is 0.454 e. The van der Waals surface area contributed by atoms with Crippen LogP contribution in [0.2, 0.25) is 0 Å². The molecule has 0 radical (unpaired) electrons. The van der Waals surface area contributed by atoms with Gasteiger partial charge in [-0.25, -0.2) is 0 Å². The summed E-state index contributed by atoms with van der Waals surface area (Å²) in [5, 5.41) is 4.07. The van der Waals surface area contributed by atoms with Gasteiger partial charge in [0.1, 0.15) is 0 Å². The Kier molecular flexibility index (Phi) is 5.04. The molecule has 26 heavy (non-hydrogen) atoms. The van der Waals surface area contributed by atoms with Crippen LogP contribution in [-0.2, 0) is 17.9 Å². The van der Waals surface area contributed by atoms with E-state index in [1.165, 1.54) is 9.75 Å². The van der Waals surface area contributed by atoms with Gasteiger partial charge in [0.2, 0.25) is 12.7 Å². The molecule has 3 aromatic rings. The number of benzene rings is 1. The second-order valence-corrected chi connectivity index (χ2v) is 7.86. The molecule has 0 spiro atoms. The predicted octanol–water partition coefficient (Wildman–Crippen LogP) is 4.78. The smallest absolute Gasteiger partial charge is 0.247 e. The Morgan fingerprint density at radius 2 is 1.69 bits per heavy atom. The van der Waals surface area contributed by atoms with Crippen LogP contribution >= 0.6 is 22.7 Å². The number of carbonyl (C=O) groups is 1. The van der Waals surface area contributed by atoms with Gasteiger partial charge >= 0.3 is 0 Å². The first-order chi connectivity index (χ1) is 12.8. The number of carbonyl (C=O) groups excluding carboxylic acids is 1. The number of fused-ring (bicyclic) bond motifs is 1. The molecule has 1 aliphatic heterocycles. The van der Waals surface area contributed by atoms with E-state index in [4.69, 9.17) is 9.47 Å². The number of thiophene rings is 2. The van der Waals surface area contributed by atoms with Crippen LogP contribution in [0.5, 0.6) is 11.5 Å². The fraction of sp³-hybridized carbons (Fsp3) is 0.150. The van der Waals surface area contributed by atoms with Gasteiger partial charge in [-0.05, 0) is 46.7 Å². The predicted molar refractivity (Wildman–Crippen MR) is 104 cm³/mol. The van der Waals surface area contributed by atoms with Crippen molar-refractivity contribution in [1.82, 2.24) is 4.90 Å². The van der Waals surface area contributed by atoms with Crippen LogP contribution in [0.15, 0.2) is 59.3 Å². The van der Waals surface area contributed by atoms with E-state index < -0.39 is 0 Å². The topological polar surface area (TPSA) is 38.8 Å². The summed E-state index contributed by atoms with van der Waals surface area (Å²) < 4.78 is 10.7. The first-order valence-electron chi connectivity index (χ1n) is 8.19. The highest BCUT2D eigenvalue weighted by atomic mass is 32.1. The Morgan fingerprint density at radius 1 is 1.00 bits per heavy atom. The van der Waals surface area contributed by atoms with Crippen molar-refractivity contribution in [2.24, 2.45) is 0 Å². The summed E-state index contributed by atoms with van der Waals surface area (Å²) in [6.45, 7) is 1.47. The average molecular weight is 383 g/mol. The summed E-state index contributed by atoms with van der Waals surface area (Å²) >= 11 is 3.33. The molecule has 1 aliphatic rings. The number of nitrogens with zero attached hydrogens (tertiary/aromatic N) is 1. The third kappa shape index (κ3) is 3.98. The van der Waals surface area contributed by atoms with Crippen molar-refractivity contribution in [2.75, 3.05) is 6.79 Å². The molecule has 6 heteroatoms. The molecule has 1 aromatic carbocycles. The minimum atomic E-state index is -0.00975. The third-order valence-corrected chi connectivity index (χ3v) is 5.70. The molecule has 4 nitrogen and oxygen atoms in total. The van der Waals surface area contributed by atoms with Gasteiger partial charge in [-0.2, -0.15) is 0 Å². The fourth-order valence-electron chi connectivity index (χ4n) is 2.68. The molecule has 2 aromatic heterocycles. The highest BCUT2D eigenvalue weighted by Gasteiger charge is 2.15. The van der Waals surface area contributed by atoms with Crippen LogP contribution in [0.1, 0.15) is 15.3 Å². The van der Waals surface area contributed by atoms with E-state index in [-0.39, 0.29) is 12.7 Å². The highest BCUT2D eigenvalue weighted by Crippen LogP contribution is 2.32. The molecule has 3 heterocycles. The van der Waals surface area contributed by atoms with Crippen LogP contribution < -0.4 is 9.47 Å². The molecule has 0 fully saturated rings. The molecule has 0 saturated carbocycles. The second-order valence-electron chi connectivity index (χ2n) is 5.80. The van der Waals surface area contributed by atoms with Crippen molar-refractivity contribution in [2.45, 2.75) is 13.1 Å². The number of rotatable bonds is 6. The van der Waals surface area contributed by atoms with E-state index in [1.807, 2.05) is 52.1 Å². The zero-order valence-electron chi connectivity index (χ0n) is 14.0. The van der Waals surface area contributed by atoms with Crippen molar-refractivity contribution in [3.8, 4) is 11.5 Å². The summed E-state index contributed by atoms with van der Waals surface area (Å²) in [6, 6.07) is 13.8. The molecule has 0 saturated heterocycles. The summed E-state index contributed by atoms with van der Waals surface area (Å²) in [7, 11) is 0. The maximum atomic E-state index is 12.8. The zero-order valence-corrected chi connectivity index (χ0v) is 15.6. The van der Waals surface area contributed by atoms with Crippen LogP contribution in [0, 0.1) is 0 Å². The fourth-order valence-corrected chi connectivity index (χ4v) is 4.12. The van der Waals surface area contributed by atoms with E-state index in [0.717, 1.165) is 11.3 Å². The van der Waals surface area contributed by atoms with Crippen LogP contribution in [0.25, 0.3) is 6.08 Å². The van der Waals surface area contributed by atoms with Gasteiger partial charge in [0, 0.05) is 15.8 Å². The molecule has 0 N–H and O–H groups in total. The van der Waals surface area contributed by atoms with Crippen molar-refractivity contribution in [3.05, 3.63) is 74.6 Å². The SMILES string of the molecule is O=C(/C=C/c1ccc2c(c1)OCO2)N(Cc1cccs1)Cc1cccs1. The van der Waals surface area contributed by atoms with Gasteiger partial charge in [-0.1, -0.05) is 18.2 Å². The van der Waals surface area contributed by atoms with Crippen molar-refractivity contribution < 1.29 is 14.3 Å². The van der Waals surface area contributed by atoms with Gasteiger partial charge in [-0.15, -0.1) is 22.7 Å². The minimum absolute atomic E-state index is 0.00975. The average Bonchev–Trinajstić information content (AvgIpc) is 3.40. The first-order valence-corrected chi connectivity index (χ1v) is 9.95. The highest BCUT2D eigenvalue weighted by molar-refractivity contribution is 7.10. The van der Waals surface area contributed by atoms with Gasteiger partial charge in [0.15, 0.2) is 11.5 Å².